The molecule has 0 saturated heterocycles. The van der Waals surface area contributed by atoms with Gasteiger partial charge in [-0.25, -0.2) is 0 Å². The second-order valence-electron chi connectivity index (χ2n) is 5.82. The monoisotopic (exact) mass is 259 g/mol. The zero-order chi connectivity index (χ0) is 13.7. The summed E-state index contributed by atoms with van der Waals surface area (Å²) >= 11 is 0. The lowest BCUT2D eigenvalue weighted by Crippen LogP contribution is -2.21. The number of rotatable bonds is 5. The van der Waals surface area contributed by atoms with Crippen LogP contribution in [0.2, 0.25) is 0 Å². The average Bonchev–Trinajstić information content (AvgIpc) is 2.45. The molecule has 2 rings (SSSR count). The second-order valence-corrected chi connectivity index (χ2v) is 5.82. The summed E-state index contributed by atoms with van der Waals surface area (Å²) in [6, 6.07) is 6.27. The molecule has 1 aliphatic rings. The van der Waals surface area contributed by atoms with Gasteiger partial charge in [-0.15, -0.1) is 0 Å². The van der Waals surface area contributed by atoms with Gasteiger partial charge in [-0.1, -0.05) is 19.4 Å². The molecule has 1 aliphatic carbocycles. The fraction of sp³-hybridized carbons (Fsp3) is 0.647. The molecular weight excluding hydrogens is 234 g/mol. The highest BCUT2D eigenvalue weighted by molar-refractivity contribution is 5.81. The lowest BCUT2D eigenvalue weighted by molar-refractivity contribution is -0.124. The molecule has 1 heterocycles. The van der Waals surface area contributed by atoms with Gasteiger partial charge in [-0.05, 0) is 51.2 Å². The van der Waals surface area contributed by atoms with E-state index >= 15 is 0 Å². The number of hydrogen-bond donors (Lipinski definition) is 0. The Kier molecular flexibility index (Phi) is 5.12. The molecule has 0 spiro atoms. The fourth-order valence-electron chi connectivity index (χ4n) is 3.06. The highest BCUT2D eigenvalue weighted by Gasteiger charge is 2.27. The van der Waals surface area contributed by atoms with Crippen molar-refractivity contribution in [3.05, 3.63) is 29.6 Å². The predicted octanol–water partition coefficient (Wildman–Crippen LogP) is 4.42. The first-order valence-electron chi connectivity index (χ1n) is 7.67. The van der Waals surface area contributed by atoms with E-state index in [1.807, 2.05) is 13.0 Å². The average molecular weight is 259 g/mol. The highest BCUT2D eigenvalue weighted by atomic mass is 16.1. The van der Waals surface area contributed by atoms with Gasteiger partial charge < -0.3 is 0 Å². The maximum absolute atomic E-state index is 12.0. The molecule has 1 aromatic rings. The molecule has 1 fully saturated rings. The van der Waals surface area contributed by atoms with Crippen molar-refractivity contribution in [1.82, 2.24) is 4.98 Å². The summed E-state index contributed by atoms with van der Waals surface area (Å²) in [7, 11) is 0. The quantitative estimate of drug-likeness (QED) is 0.783. The number of carbonyl (C=O) groups is 1. The number of hydrogen-bond acceptors (Lipinski definition) is 2. The van der Waals surface area contributed by atoms with Gasteiger partial charge >= 0.3 is 0 Å². The van der Waals surface area contributed by atoms with Crippen molar-refractivity contribution in [1.29, 1.82) is 0 Å². The normalized spacial score (nSPS) is 23.3. The molecule has 1 aromatic heterocycles. The van der Waals surface area contributed by atoms with Gasteiger partial charge in [0, 0.05) is 29.6 Å². The standard InChI is InChI=1S/C17H25NO/c1-3-4-8-17(19)15-11-9-14(10-12-15)16-7-5-6-13(2)18-16/h5-7,14-15H,3-4,8-12H2,1-2H3. The molecule has 1 saturated carbocycles. The van der Waals surface area contributed by atoms with Gasteiger partial charge in [-0.3, -0.25) is 9.78 Å². The lowest BCUT2D eigenvalue weighted by Gasteiger charge is -2.27. The first kappa shape index (κ1) is 14.2. The molecule has 0 amide bonds. The van der Waals surface area contributed by atoms with Crippen LogP contribution in [-0.2, 0) is 4.79 Å². The Balaban J connectivity index is 1.87. The van der Waals surface area contributed by atoms with Crippen LogP contribution in [0.25, 0.3) is 0 Å². The van der Waals surface area contributed by atoms with E-state index in [1.165, 1.54) is 5.69 Å². The first-order valence-corrected chi connectivity index (χ1v) is 7.67. The van der Waals surface area contributed by atoms with Gasteiger partial charge in [0.25, 0.3) is 0 Å². The summed E-state index contributed by atoms with van der Waals surface area (Å²) in [5.41, 5.74) is 2.32. The van der Waals surface area contributed by atoms with Gasteiger partial charge in [0.15, 0.2) is 0 Å². The summed E-state index contributed by atoms with van der Waals surface area (Å²) in [5.74, 6) is 1.39. The van der Waals surface area contributed by atoms with E-state index < -0.39 is 0 Å². The zero-order valence-corrected chi connectivity index (χ0v) is 12.2. The third-order valence-corrected chi connectivity index (χ3v) is 4.29. The molecule has 0 aliphatic heterocycles. The Bertz CT molecular complexity index is 419. The van der Waals surface area contributed by atoms with E-state index in [9.17, 15) is 4.79 Å². The van der Waals surface area contributed by atoms with E-state index in [2.05, 4.69) is 24.0 Å². The summed E-state index contributed by atoms with van der Waals surface area (Å²) in [4.78, 5) is 16.7. The highest BCUT2D eigenvalue weighted by Crippen LogP contribution is 2.35. The van der Waals surface area contributed by atoms with Gasteiger partial charge in [-0.2, -0.15) is 0 Å². The molecule has 19 heavy (non-hydrogen) atoms. The largest absolute Gasteiger partial charge is 0.299 e. The van der Waals surface area contributed by atoms with Crippen molar-refractivity contribution in [2.75, 3.05) is 0 Å². The first-order chi connectivity index (χ1) is 9.20. The van der Waals surface area contributed by atoms with Crippen LogP contribution >= 0.6 is 0 Å². The van der Waals surface area contributed by atoms with E-state index in [0.29, 0.717) is 17.6 Å². The minimum absolute atomic E-state index is 0.326. The molecule has 0 radical (unpaired) electrons. The van der Waals surface area contributed by atoms with E-state index in [-0.39, 0.29) is 0 Å². The van der Waals surface area contributed by atoms with Crippen LogP contribution in [0.4, 0.5) is 0 Å². The number of aryl methyl sites for hydroxylation is 1. The summed E-state index contributed by atoms with van der Waals surface area (Å²) in [5, 5.41) is 0. The van der Waals surface area contributed by atoms with Crippen LogP contribution < -0.4 is 0 Å². The van der Waals surface area contributed by atoms with Crippen molar-refractivity contribution in [2.45, 2.75) is 64.7 Å². The third kappa shape index (κ3) is 3.89. The van der Waals surface area contributed by atoms with Crippen molar-refractivity contribution in [3.8, 4) is 0 Å². The van der Waals surface area contributed by atoms with Crippen LogP contribution in [0.15, 0.2) is 18.2 Å². The Labute approximate surface area is 116 Å². The number of nitrogens with zero attached hydrogens (tertiary/aromatic N) is 1. The Morgan fingerprint density at radius 3 is 2.63 bits per heavy atom. The topological polar surface area (TPSA) is 30.0 Å². The molecule has 0 aromatic carbocycles. The van der Waals surface area contributed by atoms with E-state index in [0.717, 1.165) is 50.6 Å². The molecule has 0 N–H and O–H groups in total. The van der Waals surface area contributed by atoms with Crippen LogP contribution in [-0.4, -0.2) is 10.8 Å². The van der Waals surface area contributed by atoms with Crippen molar-refractivity contribution >= 4 is 5.78 Å². The number of Topliss-reactive ketones (excluding diaryl/α,β-unsaturated/α-hetero) is 1. The smallest absolute Gasteiger partial charge is 0.135 e. The number of ketones is 1. The molecule has 2 nitrogen and oxygen atoms in total. The second kappa shape index (κ2) is 6.83. The van der Waals surface area contributed by atoms with E-state index in [4.69, 9.17) is 0 Å². The summed E-state index contributed by atoms with van der Waals surface area (Å²) in [6.07, 6.45) is 7.32. The minimum Gasteiger partial charge on any atom is -0.299 e. The van der Waals surface area contributed by atoms with Gasteiger partial charge in [0.2, 0.25) is 0 Å². The molecule has 104 valence electrons. The molecule has 0 unspecified atom stereocenters. The minimum atomic E-state index is 0.326. The van der Waals surface area contributed by atoms with Crippen molar-refractivity contribution in [2.24, 2.45) is 5.92 Å². The maximum Gasteiger partial charge on any atom is 0.135 e. The van der Waals surface area contributed by atoms with Crippen LogP contribution in [0, 0.1) is 12.8 Å². The van der Waals surface area contributed by atoms with Crippen LogP contribution in [0.1, 0.15) is 69.2 Å². The number of pyridine rings is 1. The lowest BCUT2D eigenvalue weighted by atomic mass is 9.78. The molecular formula is C17H25NO. The number of unbranched alkanes of at least 4 members (excludes halogenated alkanes) is 1. The maximum atomic E-state index is 12.0. The van der Waals surface area contributed by atoms with Crippen LogP contribution in [0.3, 0.4) is 0 Å². The Morgan fingerprint density at radius 1 is 1.26 bits per heavy atom. The van der Waals surface area contributed by atoms with Crippen molar-refractivity contribution < 1.29 is 4.79 Å². The summed E-state index contributed by atoms with van der Waals surface area (Å²) < 4.78 is 0. The van der Waals surface area contributed by atoms with Gasteiger partial charge in [0.1, 0.15) is 5.78 Å². The molecule has 2 heteroatoms. The molecule has 0 atom stereocenters. The Morgan fingerprint density at radius 2 is 2.00 bits per heavy atom. The summed E-state index contributed by atoms with van der Waals surface area (Å²) in [6.45, 7) is 4.19. The Hall–Kier alpha value is -1.18. The van der Waals surface area contributed by atoms with Gasteiger partial charge in [0.05, 0.1) is 0 Å². The fourth-order valence-corrected chi connectivity index (χ4v) is 3.06. The third-order valence-electron chi connectivity index (χ3n) is 4.29. The van der Waals surface area contributed by atoms with Crippen LogP contribution in [0.5, 0.6) is 0 Å². The van der Waals surface area contributed by atoms with E-state index in [1.54, 1.807) is 0 Å². The SMILES string of the molecule is CCCCC(=O)C1CCC(c2cccc(C)n2)CC1. The number of aromatic nitrogens is 1. The number of carbonyl (C=O) groups excluding carboxylic acids is 1. The van der Waals surface area contributed by atoms with Crippen molar-refractivity contribution in [3.63, 3.8) is 0 Å². The zero-order valence-electron chi connectivity index (χ0n) is 12.2. The predicted molar refractivity (Wildman–Crippen MR) is 78.2 cm³/mol. The molecule has 0 bridgehead atoms.